The summed E-state index contributed by atoms with van der Waals surface area (Å²) in [5, 5.41) is 10.6. The summed E-state index contributed by atoms with van der Waals surface area (Å²) in [6, 6.07) is 8.73. The van der Waals surface area contributed by atoms with Crippen LogP contribution in [0.4, 0.5) is 0 Å². The van der Waals surface area contributed by atoms with Crippen LogP contribution in [0.5, 0.6) is 0 Å². The summed E-state index contributed by atoms with van der Waals surface area (Å²) in [5.74, 6) is -1.55. The maximum Gasteiger partial charge on any atom is 0.326 e. The first-order valence-corrected chi connectivity index (χ1v) is 9.84. The molecule has 0 aliphatic carbocycles. The van der Waals surface area contributed by atoms with Crippen molar-refractivity contribution in [2.75, 3.05) is 0 Å². The normalized spacial score (nSPS) is 13.1. The fourth-order valence-electron chi connectivity index (χ4n) is 2.64. The number of nitrogens with zero attached hydrogens (tertiary/aromatic N) is 2. The van der Waals surface area contributed by atoms with E-state index >= 15 is 0 Å². The van der Waals surface area contributed by atoms with Gasteiger partial charge in [-0.25, -0.2) is 4.79 Å². The number of fused-ring (bicyclic) bond motifs is 1. The molecule has 1 atom stereocenters. The Kier molecular flexibility index (Phi) is 5.91. The number of carbonyl (C=O) groups is 2. The molecule has 140 valence electrons. The molecule has 1 amide bonds. The largest absolute Gasteiger partial charge is 0.480 e. The second-order valence-electron chi connectivity index (χ2n) is 5.67. The number of carbonyl (C=O) groups excluding carboxylic acids is 1. The quantitative estimate of drug-likeness (QED) is 0.583. The maximum atomic E-state index is 12.6. The van der Waals surface area contributed by atoms with Crippen LogP contribution >= 0.6 is 46.1 Å². The van der Waals surface area contributed by atoms with E-state index in [0.29, 0.717) is 22.0 Å². The molecule has 9 heteroatoms. The van der Waals surface area contributed by atoms with Crippen molar-refractivity contribution in [1.82, 2.24) is 4.57 Å². The summed E-state index contributed by atoms with van der Waals surface area (Å²) in [5.41, 5.74) is 0.872. The average Bonchev–Trinajstić information content (AvgIpc) is 2.95. The molecule has 3 aromatic rings. The molecule has 0 bridgehead atoms. The molecule has 5 nitrogen and oxygen atoms in total. The predicted octanol–water partition coefficient (Wildman–Crippen LogP) is 5.44. The molecule has 1 N–H and O–H groups in total. The number of carboxylic acid groups (broad SMARTS) is 1. The third-order valence-electron chi connectivity index (χ3n) is 3.94. The summed E-state index contributed by atoms with van der Waals surface area (Å²) < 4.78 is 2.31. The van der Waals surface area contributed by atoms with Crippen LogP contribution in [0.2, 0.25) is 15.1 Å². The van der Waals surface area contributed by atoms with Crippen molar-refractivity contribution in [2.24, 2.45) is 4.99 Å². The predicted molar refractivity (Wildman–Crippen MR) is 108 cm³/mol. The van der Waals surface area contributed by atoms with E-state index in [2.05, 4.69) is 4.99 Å². The van der Waals surface area contributed by atoms with E-state index in [1.54, 1.807) is 25.1 Å². The zero-order chi connectivity index (χ0) is 19.7. The van der Waals surface area contributed by atoms with Gasteiger partial charge in [0.25, 0.3) is 5.91 Å². The van der Waals surface area contributed by atoms with Gasteiger partial charge in [-0.2, -0.15) is 4.99 Å². The highest BCUT2D eigenvalue weighted by Crippen LogP contribution is 2.26. The third-order valence-corrected chi connectivity index (χ3v) is 5.94. The van der Waals surface area contributed by atoms with E-state index in [1.807, 2.05) is 0 Å². The molecule has 3 rings (SSSR count). The lowest BCUT2D eigenvalue weighted by Gasteiger charge is -2.13. The Balaban J connectivity index is 2.23. The average molecular weight is 444 g/mol. The van der Waals surface area contributed by atoms with Crippen molar-refractivity contribution in [2.45, 2.75) is 19.4 Å². The molecule has 0 spiro atoms. The molecule has 1 heterocycles. The van der Waals surface area contributed by atoms with Crippen molar-refractivity contribution in [3.8, 4) is 0 Å². The number of amides is 1. The molecule has 1 aromatic heterocycles. The van der Waals surface area contributed by atoms with Gasteiger partial charge >= 0.3 is 5.97 Å². The minimum atomic E-state index is -1.01. The van der Waals surface area contributed by atoms with Gasteiger partial charge in [0, 0.05) is 10.6 Å². The van der Waals surface area contributed by atoms with Crippen LogP contribution in [0.1, 0.15) is 29.7 Å². The first-order chi connectivity index (χ1) is 12.8. The summed E-state index contributed by atoms with van der Waals surface area (Å²) in [4.78, 5) is 28.8. The molecule has 0 aliphatic heterocycles. The van der Waals surface area contributed by atoms with Gasteiger partial charge in [-0.15, -0.1) is 0 Å². The van der Waals surface area contributed by atoms with Gasteiger partial charge in [-0.1, -0.05) is 53.1 Å². The van der Waals surface area contributed by atoms with Crippen LogP contribution < -0.4 is 4.80 Å². The van der Waals surface area contributed by atoms with Gasteiger partial charge < -0.3 is 9.67 Å². The summed E-state index contributed by atoms with van der Waals surface area (Å²) in [6.45, 7) is 1.75. The third kappa shape index (κ3) is 4.04. The van der Waals surface area contributed by atoms with Crippen molar-refractivity contribution in [3.05, 3.63) is 61.8 Å². The number of aliphatic carboxylic acids is 1. The SMILES string of the molecule is CCC(C(=O)O)n1c(=NC(=O)c2ccc(Cl)c(Cl)c2)sc2ccc(Cl)cc21. The van der Waals surface area contributed by atoms with E-state index in [4.69, 9.17) is 34.8 Å². The van der Waals surface area contributed by atoms with Gasteiger partial charge in [-0.3, -0.25) is 4.79 Å². The Morgan fingerprint density at radius 3 is 2.52 bits per heavy atom. The first-order valence-electron chi connectivity index (χ1n) is 7.89. The molecule has 2 aromatic carbocycles. The lowest BCUT2D eigenvalue weighted by Crippen LogP contribution is -2.27. The Bertz CT molecular complexity index is 1120. The Morgan fingerprint density at radius 1 is 1.15 bits per heavy atom. The standard InChI is InChI=1S/C18H13Cl3N2O3S/c1-2-13(17(25)26)23-14-8-10(19)4-6-15(14)27-18(23)22-16(24)9-3-5-11(20)12(21)7-9/h3-8,13H,2H2,1H3,(H,25,26). The lowest BCUT2D eigenvalue weighted by molar-refractivity contribution is -0.140. The number of thiazole rings is 1. The minimum Gasteiger partial charge on any atom is -0.480 e. The van der Waals surface area contributed by atoms with Crippen LogP contribution in [0.3, 0.4) is 0 Å². The van der Waals surface area contributed by atoms with E-state index < -0.39 is 17.9 Å². The molecule has 27 heavy (non-hydrogen) atoms. The topological polar surface area (TPSA) is 71.7 Å². The Morgan fingerprint density at radius 2 is 1.89 bits per heavy atom. The van der Waals surface area contributed by atoms with Crippen LogP contribution in [0.25, 0.3) is 10.2 Å². The summed E-state index contributed by atoms with van der Waals surface area (Å²) in [6.07, 6.45) is 0.321. The fraction of sp³-hybridized carbons (Fsp3) is 0.167. The number of benzene rings is 2. The highest BCUT2D eigenvalue weighted by atomic mass is 35.5. The number of rotatable bonds is 4. The van der Waals surface area contributed by atoms with Crippen LogP contribution in [0.15, 0.2) is 41.4 Å². The number of aromatic nitrogens is 1. The number of hydrogen-bond donors (Lipinski definition) is 1. The van der Waals surface area contributed by atoms with E-state index in [1.165, 1.54) is 34.1 Å². The molecular weight excluding hydrogens is 431 g/mol. The Hall–Kier alpha value is -1.86. The van der Waals surface area contributed by atoms with Crippen molar-refractivity contribution >= 4 is 68.2 Å². The van der Waals surface area contributed by atoms with Crippen molar-refractivity contribution in [1.29, 1.82) is 0 Å². The molecule has 0 radical (unpaired) electrons. The van der Waals surface area contributed by atoms with Gasteiger partial charge in [0.05, 0.1) is 20.3 Å². The van der Waals surface area contributed by atoms with E-state index in [9.17, 15) is 14.7 Å². The van der Waals surface area contributed by atoms with Crippen LogP contribution in [-0.2, 0) is 4.79 Å². The molecule has 1 unspecified atom stereocenters. The Labute approximate surface area is 173 Å². The first kappa shape index (κ1) is 19.9. The zero-order valence-corrected chi connectivity index (χ0v) is 17.0. The van der Waals surface area contributed by atoms with Crippen molar-refractivity contribution in [3.63, 3.8) is 0 Å². The maximum absolute atomic E-state index is 12.6. The highest BCUT2D eigenvalue weighted by Gasteiger charge is 2.22. The summed E-state index contributed by atoms with van der Waals surface area (Å²) >= 11 is 19.1. The smallest absolute Gasteiger partial charge is 0.326 e. The van der Waals surface area contributed by atoms with E-state index in [0.717, 1.165) is 4.70 Å². The second kappa shape index (κ2) is 8.02. The van der Waals surface area contributed by atoms with Crippen LogP contribution in [-0.4, -0.2) is 21.6 Å². The van der Waals surface area contributed by atoms with Gasteiger partial charge in [0.2, 0.25) is 0 Å². The minimum absolute atomic E-state index is 0.241. The molecule has 0 fully saturated rings. The van der Waals surface area contributed by atoms with Crippen molar-refractivity contribution < 1.29 is 14.7 Å². The van der Waals surface area contributed by atoms with Crippen LogP contribution in [0, 0.1) is 0 Å². The summed E-state index contributed by atoms with van der Waals surface area (Å²) in [7, 11) is 0. The molecule has 0 saturated carbocycles. The fourth-order valence-corrected chi connectivity index (χ4v) is 4.15. The van der Waals surface area contributed by atoms with Gasteiger partial charge in [0.1, 0.15) is 6.04 Å². The monoisotopic (exact) mass is 442 g/mol. The molecule has 0 saturated heterocycles. The highest BCUT2D eigenvalue weighted by molar-refractivity contribution is 7.16. The number of carboxylic acids is 1. The van der Waals surface area contributed by atoms with Gasteiger partial charge in [-0.05, 0) is 42.8 Å². The lowest BCUT2D eigenvalue weighted by atomic mass is 10.2. The second-order valence-corrected chi connectivity index (χ2v) is 7.93. The van der Waals surface area contributed by atoms with Gasteiger partial charge in [0.15, 0.2) is 4.80 Å². The zero-order valence-electron chi connectivity index (χ0n) is 13.9. The number of hydrogen-bond acceptors (Lipinski definition) is 3. The molecule has 0 aliphatic rings. The van der Waals surface area contributed by atoms with E-state index in [-0.39, 0.29) is 15.4 Å². The molecular formula is C18H13Cl3N2O3S. The number of halogens is 3.